The van der Waals surface area contributed by atoms with Crippen molar-refractivity contribution in [2.75, 3.05) is 0 Å². The van der Waals surface area contributed by atoms with E-state index in [1.165, 1.54) is 5.56 Å². The van der Waals surface area contributed by atoms with Crippen LogP contribution in [0.2, 0.25) is 0 Å². The molecule has 0 atom stereocenters. The summed E-state index contributed by atoms with van der Waals surface area (Å²) in [5.41, 5.74) is 1.36. The number of rotatable bonds is 3. The van der Waals surface area contributed by atoms with Crippen LogP contribution in [0.1, 0.15) is 44.1 Å². The minimum Gasteiger partial charge on any atom is -0.475 e. The van der Waals surface area contributed by atoms with E-state index in [2.05, 4.69) is 21.9 Å². The third-order valence-corrected chi connectivity index (χ3v) is 4.77. The van der Waals surface area contributed by atoms with Crippen LogP contribution in [0, 0.1) is 0 Å². The predicted molar refractivity (Wildman–Crippen MR) is 86.1 cm³/mol. The summed E-state index contributed by atoms with van der Waals surface area (Å²) in [4.78, 5) is 20.3. The molecule has 3 rings (SSSR count). The number of carboxylic acids is 1. The van der Waals surface area contributed by atoms with Crippen LogP contribution >= 0.6 is 0 Å². The molecule has 2 fully saturated rings. The van der Waals surface area contributed by atoms with Crippen molar-refractivity contribution in [1.29, 1.82) is 0 Å². The van der Waals surface area contributed by atoms with E-state index in [1.54, 1.807) is 0 Å². The Morgan fingerprint density at radius 1 is 1.42 bits per heavy atom. The molecule has 146 valence electrons. The van der Waals surface area contributed by atoms with E-state index in [9.17, 15) is 18.0 Å². The number of halogens is 3. The van der Waals surface area contributed by atoms with E-state index in [-0.39, 0.29) is 11.4 Å². The molecule has 26 heavy (non-hydrogen) atoms. The molecule has 10 heteroatoms. The van der Waals surface area contributed by atoms with Gasteiger partial charge >= 0.3 is 12.1 Å². The maximum absolute atomic E-state index is 11.4. The standard InChI is InChI=1S/C14H22N4O.C2HF3O2/c1-18-10-11(9-16-18)8-15-12-2-5-14(6-3-12)7-4-13(19)17-14;3-2(4,5)1(6)7/h9-10,12,15H,2-8H2,1H3,(H,17,19);(H,6,7). The van der Waals surface area contributed by atoms with Gasteiger partial charge in [0.25, 0.3) is 0 Å². The molecule has 1 aliphatic carbocycles. The summed E-state index contributed by atoms with van der Waals surface area (Å²) in [6.45, 7) is 0.887. The Labute approximate surface area is 148 Å². The Morgan fingerprint density at radius 2 is 2.04 bits per heavy atom. The van der Waals surface area contributed by atoms with E-state index < -0.39 is 12.1 Å². The van der Waals surface area contributed by atoms with Gasteiger partial charge in [0.1, 0.15) is 0 Å². The van der Waals surface area contributed by atoms with Crippen molar-refractivity contribution in [3.05, 3.63) is 18.0 Å². The van der Waals surface area contributed by atoms with E-state index in [0.29, 0.717) is 12.5 Å². The summed E-state index contributed by atoms with van der Waals surface area (Å²) in [6, 6.07) is 0.573. The van der Waals surface area contributed by atoms with E-state index >= 15 is 0 Å². The number of carbonyl (C=O) groups excluding carboxylic acids is 1. The lowest BCUT2D eigenvalue weighted by Crippen LogP contribution is -2.47. The SMILES string of the molecule is Cn1cc(CNC2CCC3(CCC(=O)N3)CC2)cn1.O=C(O)C(F)(F)F. The molecule has 2 aliphatic rings. The molecule has 0 radical (unpaired) electrons. The van der Waals surface area contributed by atoms with Crippen LogP contribution in [-0.4, -0.2) is 44.5 Å². The number of aromatic nitrogens is 2. The third-order valence-electron chi connectivity index (χ3n) is 4.77. The first-order valence-electron chi connectivity index (χ1n) is 8.42. The molecule has 0 bridgehead atoms. The highest BCUT2D eigenvalue weighted by Crippen LogP contribution is 2.35. The molecule has 0 unspecified atom stereocenters. The van der Waals surface area contributed by atoms with Gasteiger partial charge in [0.15, 0.2) is 0 Å². The number of alkyl halides is 3. The summed E-state index contributed by atoms with van der Waals surface area (Å²) < 4.78 is 33.6. The zero-order chi connectivity index (χ0) is 19.4. The van der Waals surface area contributed by atoms with E-state index in [0.717, 1.165) is 38.6 Å². The van der Waals surface area contributed by atoms with Gasteiger partial charge in [0.05, 0.1) is 6.20 Å². The van der Waals surface area contributed by atoms with Crippen LogP contribution in [0.15, 0.2) is 12.4 Å². The average Bonchev–Trinajstić information content (AvgIpc) is 3.13. The fourth-order valence-electron chi connectivity index (χ4n) is 3.35. The fourth-order valence-corrected chi connectivity index (χ4v) is 3.35. The Morgan fingerprint density at radius 3 is 2.46 bits per heavy atom. The maximum atomic E-state index is 11.4. The lowest BCUT2D eigenvalue weighted by Gasteiger charge is -2.37. The molecule has 1 spiro atoms. The quantitative estimate of drug-likeness (QED) is 0.747. The first-order chi connectivity index (χ1) is 12.1. The maximum Gasteiger partial charge on any atom is 0.490 e. The van der Waals surface area contributed by atoms with Crippen molar-refractivity contribution in [3.63, 3.8) is 0 Å². The third kappa shape index (κ3) is 5.72. The lowest BCUT2D eigenvalue weighted by atomic mass is 9.78. The van der Waals surface area contributed by atoms with Crippen molar-refractivity contribution in [2.24, 2.45) is 7.05 Å². The molecule has 1 aromatic rings. The van der Waals surface area contributed by atoms with Gasteiger partial charge in [-0.3, -0.25) is 9.48 Å². The van der Waals surface area contributed by atoms with Crippen LogP contribution < -0.4 is 10.6 Å². The summed E-state index contributed by atoms with van der Waals surface area (Å²) in [7, 11) is 1.94. The molecule has 1 aliphatic heterocycles. The molecule has 7 nitrogen and oxygen atoms in total. The highest BCUT2D eigenvalue weighted by atomic mass is 19.4. The van der Waals surface area contributed by atoms with Crippen LogP contribution in [-0.2, 0) is 23.2 Å². The fraction of sp³-hybridized carbons (Fsp3) is 0.688. The van der Waals surface area contributed by atoms with Crippen molar-refractivity contribution in [1.82, 2.24) is 20.4 Å². The zero-order valence-corrected chi connectivity index (χ0v) is 14.5. The summed E-state index contributed by atoms with van der Waals surface area (Å²) in [6.07, 6.45) is 5.16. The molecule has 1 amide bonds. The minimum absolute atomic E-state index is 0.129. The van der Waals surface area contributed by atoms with Gasteiger partial charge in [-0.2, -0.15) is 18.3 Å². The van der Waals surface area contributed by atoms with Crippen molar-refractivity contribution in [3.8, 4) is 0 Å². The summed E-state index contributed by atoms with van der Waals surface area (Å²) in [5, 5.41) is 18.1. The molecule has 2 heterocycles. The van der Waals surface area contributed by atoms with Crippen LogP contribution in [0.25, 0.3) is 0 Å². The number of hydrogen-bond donors (Lipinski definition) is 3. The molecule has 0 aromatic carbocycles. The highest BCUT2D eigenvalue weighted by molar-refractivity contribution is 5.79. The van der Waals surface area contributed by atoms with Gasteiger partial charge in [-0.25, -0.2) is 4.79 Å². The Hall–Kier alpha value is -2.10. The predicted octanol–water partition coefficient (Wildman–Crippen LogP) is 1.73. The van der Waals surface area contributed by atoms with Gasteiger partial charge in [-0.05, 0) is 32.1 Å². The number of aryl methyl sites for hydroxylation is 1. The second-order valence-electron chi connectivity index (χ2n) is 6.81. The van der Waals surface area contributed by atoms with Crippen molar-refractivity contribution < 1.29 is 27.9 Å². The van der Waals surface area contributed by atoms with Crippen molar-refractivity contribution >= 4 is 11.9 Å². The van der Waals surface area contributed by atoms with E-state index in [1.807, 2.05) is 17.9 Å². The number of hydrogen-bond acceptors (Lipinski definition) is 4. The monoisotopic (exact) mass is 376 g/mol. The number of nitrogens with zero attached hydrogens (tertiary/aromatic N) is 2. The van der Waals surface area contributed by atoms with Gasteiger partial charge in [-0.15, -0.1) is 0 Å². The van der Waals surface area contributed by atoms with Gasteiger partial charge < -0.3 is 15.7 Å². The molecule has 3 N–H and O–H groups in total. The molecule has 1 saturated carbocycles. The first-order valence-corrected chi connectivity index (χ1v) is 8.42. The molecule has 1 aromatic heterocycles. The average molecular weight is 376 g/mol. The summed E-state index contributed by atoms with van der Waals surface area (Å²) >= 11 is 0. The second-order valence-corrected chi connectivity index (χ2v) is 6.81. The molecule has 1 saturated heterocycles. The number of carboxylic acid groups (broad SMARTS) is 1. The van der Waals surface area contributed by atoms with E-state index in [4.69, 9.17) is 9.90 Å². The van der Waals surface area contributed by atoms with Crippen molar-refractivity contribution in [2.45, 2.75) is 62.8 Å². The Kier molecular flexibility index (Phi) is 6.27. The molecular formula is C16H23F3N4O3. The number of carbonyl (C=O) groups is 2. The van der Waals surface area contributed by atoms with Crippen LogP contribution in [0.5, 0.6) is 0 Å². The van der Waals surface area contributed by atoms with Gasteiger partial charge in [0.2, 0.25) is 5.91 Å². The Balaban J connectivity index is 0.000000298. The number of aliphatic carboxylic acids is 1. The largest absolute Gasteiger partial charge is 0.490 e. The zero-order valence-electron chi connectivity index (χ0n) is 14.5. The van der Waals surface area contributed by atoms with Gasteiger partial charge in [-0.1, -0.05) is 0 Å². The first kappa shape index (κ1) is 20.2. The minimum atomic E-state index is -5.08. The second kappa shape index (κ2) is 8.07. The van der Waals surface area contributed by atoms with Gasteiger partial charge in [0, 0.05) is 43.4 Å². The molecular weight excluding hydrogens is 353 g/mol. The van der Waals surface area contributed by atoms with Crippen LogP contribution in [0.4, 0.5) is 13.2 Å². The van der Waals surface area contributed by atoms with Crippen LogP contribution in [0.3, 0.4) is 0 Å². The number of nitrogens with one attached hydrogen (secondary N) is 2. The highest BCUT2D eigenvalue weighted by Gasteiger charge is 2.40. The topological polar surface area (TPSA) is 96.3 Å². The normalized spacial score (nSPS) is 25.5. The Bertz CT molecular complexity index is 637. The smallest absolute Gasteiger partial charge is 0.475 e. The summed E-state index contributed by atoms with van der Waals surface area (Å²) in [5.74, 6) is -2.52. The lowest BCUT2D eigenvalue weighted by molar-refractivity contribution is -0.192. The number of amides is 1.